The molecule has 0 saturated heterocycles. The number of benzene rings is 1. The molecule has 0 saturated carbocycles. The lowest BCUT2D eigenvalue weighted by Gasteiger charge is -2.07. The zero-order valence-corrected chi connectivity index (χ0v) is 8.77. The highest BCUT2D eigenvalue weighted by atomic mass is 16.5. The smallest absolute Gasteiger partial charge is 0.129 e. The Bertz CT molecular complexity index is 433. The van der Waals surface area contributed by atoms with Crippen LogP contribution < -0.4 is 10.1 Å². The highest BCUT2D eigenvalue weighted by Gasteiger charge is 2.02. The van der Waals surface area contributed by atoms with Crippen LogP contribution in [0.1, 0.15) is 0 Å². The van der Waals surface area contributed by atoms with Gasteiger partial charge in [0.1, 0.15) is 11.6 Å². The van der Waals surface area contributed by atoms with E-state index in [1.807, 2.05) is 42.1 Å². The van der Waals surface area contributed by atoms with Gasteiger partial charge in [-0.25, -0.2) is 4.68 Å². The predicted octanol–water partition coefficient (Wildman–Crippen LogP) is 1.92. The van der Waals surface area contributed by atoms with E-state index in [1.54, 1.807) is 13.3 Å². The molecular formula is C11H13N3O. The van der Waals surface area contributed by atoms with Crippen molar-refractivity contribution in [3.8, 4) is 11.4 Å². The maximum atomic E-state index is 5.10. The molecule has 0 atom stereocenters. The summed E-state index contributed by atoms with van der Waals surface area (Å²) >= 11 is 0. The van der Waals surface area contributed by atoms with E-state index < -0.39 is 0 Å². The van der Waals surface area contributed by atoms with Crippen LogP contribution in [0.25, 0.3) is 5.69 Å². The predicted molar refractivity (Wildman–Crippen MR) is 59.7 cm³/mol. The molecule has 1 aromatic heterocycles. The molecule has 0 spiro atoms. The van der Waals surface area contributed by atoms with Gasteiger partial charge in [0.2, 0.25) is 0 Å². The van der Waals surface area contributed by atoms with Crippen molar-refractivity contribution < 1.29 is 4.74 Å². The minimum atomic E-state index is 0.844. The van der Waals surface area contributed by atoms with Gasteiger partial charge in [0.15, 0.2) is 0 Å². The van der Waals surface area contributed by atoms with Crippen molar-refractivity contribution in [2.24, 2.45) is 0 Å². The number of aromatic nitrogens is 2. The molecule has 0 radical (unpaired) electrons. The van der Waals surface area contributed by atoms with Crippen LogP contribution in [0, 0.1) is 0 Å². The lowest BCUT2D eigenvalue weighted by Crippen LogP contribution is -2.01. The second-order valence-electron chi connectivity index (χ2n) is 3.08. The number of rotatable bonds is 3. The summed E-state index contributed by atoms with van der Waals surface area (Å²) < 4.78 is 6.93. The topological polar surface area (TPSA) is 39.1 Å². The van der Waals surface area contributed by atoms with E-state index in [0.717, 1.165) is 17.3 Å². The number of ether oxygens (including phenoxy) is 1. The largest absolute Gasteiger partial charge is 0.497 e. The van der Waals surface area contributed by atoms with E-state index >= 15 is 0 Å². The van der Waals surface area contributed by atoms with Gasteiger partial charge < -0.3 is 10.1 Å². The van der Waals surface area contributed by atoms with E-state index in [4.69, 9.17) is 4.74 Å². The fourth-order valence-electron chi connectivity index (χ4n) is 1.42. The molecule has 2 aromatic rings. The fourth-order valence-corrected chi connectivity index (χ4v) is 1.42. The lowest BCUT2D eigenvalue weighted by atomic mass is 10.3. The second-order valence-corrected chi connectivity index (χ2v) is 3.08. The number of hydrogen-bond acceptors (Lipinski definition) is 3. The summed E-state index contributed by atoms with van der Waals surface area (Å²) in [5, 5.41) is 7.30. The van der Waals surface area contributed by atoms with E-state index in [9.17, 15) is 0 Å². The molecular weight excluding hydrogens is 190 g/mol. The zero-order valence-electron chi connectivity index (χ0n) is 8.77. The molecule has 1 N–H and O–H groups in total. The summed E-state index contributed by atoms with van der Waals surface area (Å²) in [6, 6.07) is 9.68. The number of nitrogens with zero attached hydrogens (tertiary/aromatic N) is 2. The van der Waals surface area contributed by atoms with Gasteiger partial charge in [0.05, 0.1) is 19.0 Å². The van der Waals surface area contributed by atoms with E-state index in [1.165, 1.54) is 0 Å². The maximum absolute atomic E-state index is 5.10. The van der Waals surface area contributed by atoms with Gasteiger partial charge in [-0.05, 0) is 24.3 Å². The molecule has 4 heteroatoms. The summed E-state index contributed by atoms with van der Waals surface area (Å²) in [5.41, 5.74) is 1.00. The molecule has 4 nitrogen and oxygen atoms in total. The minimum absolute atomic E-state index is 0.844. The minimum Gasteiger partial charge on any atom is -0.497 e. The van der Waals surface area contributed by atoms with Crippen LogP contribution in [-0.4, -0.2) is 23.9 Å². The van der Waals surface area contributed by atoms with Crippen LogP contribution >= 0.6 is 0 Å². The maximum Gasteiger partial charge on any atom is 0.129 e. The van der Waals surface area contributed by atoms with Gasteiger partial charge in [0.25, 0.3) is 0 Å². The fraction of sp³-hybridized carbons (Fsp3) is 0.182. The number of nitrogens with one attached hydrogen (secondary N) is 1. The first kappa shape index (κ1) is 9.58. The standard InChI is InChI=1S/C11H13N3O/c1-12-11-7-8-13-14(11)9-3-5-10(15-2)6-4-9/h3-8,12H,1-2H3. The Morgan fingerprint density at radius 1 is 1.20 bits per heavy atom. The van der Waals surface area contributed by atoms with Crippen LogP contribution in [0.4, 0.5) is 5.82 Å². The van der Waals surface area contributed by atoms with Crippen molar-refractivity contribution in [1.82, 2.24) is 9.78 Å². The van der Waals surface area contributed by atoms with Gasteiger partial charge in [-0.1, -0.05) is 0 Å². The summed E-state index contributed by atoms with van der Waals surface area (Å²) in [5.74, 6) is 1.80. The van der Waals surface area contributed by atoms with Crippen LogP contribution in [0.15, 0.2) is 36.5 Å². The van der Waals surface area contributed by atoms with Gasteiger partial charge >= 0.3 is 0 Å². The van der Waals surface area contributed by atoms with Crippen LogP contribution in [0.2, 0.25) is 0 Å². The monoisotopic (exact) mass is 203 g/mol. The van der Waals surface area contributed by atoms with Crippen LogP contribution in [0.5, 0.6) is 5.75 Å². The molecule has 2 rings (SSSR count). The first-order valence-corrected chi connectivity index (χ1v) is 4.71. The number of methoxy groups -OCH3 is 1. The summed E-state index contributed by atoms with van der Waals surface area (Å²) in [7, 11) is 3.53. The van der Waals surface area contributed by atoms with Crippen molar-refractivity contribution in [2.45, 2.75) is 0 Å². The average molecular weight is 203 g/mol. The van der Waals surface area contributed by atoms with Crippen molar-refractivity contribution in [3.05, 3.63) is 36.5 Å². The van der Waals surface area contributed by atoms with Crippen LogP contribution in [0.3, 0.4) is 0 Å². The van der Waals surface area contributed by atoms with Gasteiger partial charge in [-0.15, -0.1) is 0 Å². The summed E-state index contributed by atoms with van der Waals surface area (Å²) in [6.07, 6.45) is 1.76. The van der Waals surface area contributed by atoms with Crippen molar-refractivity contribution >= 4 is 5.82 Å². The molecule has 0 aliphatic rings. The van der Waals surface area contributed by atoms with Gasteiger partial charge in [-0.3, -0.25) is 0 Å². The Labute approximate surface area is 88.5 Å². The highest BCUT2D eigenvalue weighted by molar-refractivity contribution is 5.45. The van der Waals surface area contributed by atoms with Gasteiger partial charge in [-0.2, -0.15) is 5.10 Å². The molecule has 0 aliphatic carbocycles. The highest BCUT2D eigenvalue weighted by Crippen LogP contribution is 2.17. The molecule has 0 fully saturated rings. The van der Waals surface area contributed by atoms with Crippen molar-refractivity contribution in [1.29, 1.82) is 0 Å². The summed E-state index contributed by atoms with van der Waals surface area (Å²) in [4.78, 5) is 0. The Morgan fingerprint density at radius 3 is 2.53 bits per heavy atom. The van der Waals surface area contributed by atoms with Crippen molar-refractivity contribution in [2.75, 3.05) is 19.5 Å². The van der Waals surface area contributed by atoms with E-state index in [0.29, 0.717) is 0 Å². The first-order chi connectivity index (χ1) is 7.35. The SMILES string of the molecule is CNc1ccnn1-c1ccc(OC)cc1. The molecule has 0 unspecified atom stereocenters. The molecule has 0 aliphatic heterocycles. The quantitative estimate of drug-likeness (QED) is 0.828. The van der Waals surface area contributed by atoms with E-state index in [2.05, 4.69) is 10.4 Å². The van der Waals surface area contributed by atoms with Gasteiger partial charge in [0, 0.05) is 13.1 Å². The molecule has 0 amide bonds. The first-order valence-electron chi connectivity index (χ1n) is 4.71. The second kappa shape index (κ2) is 4.04. The Kier molecular flexibility index (Phi) is 2.58. The van der Waals surface area contributed by atoms with E-state index in [-0.39, 0.29) is 0 Å². The normalized spacial score (nSPS) is 10.0. The molecule has 78 valence electrons. The number of hydrogen-bond donors (Lipinski definition) is 1. The summed E-state index contributed by atoms with van der Waals surface area (Å²) in [6.45, 7) is 0. The third-order valence-electron chi connectivity index (χ3n) is 2.22. The Hall–Kier alpha value is -1.97. The Morgan fingerprint density at radius 2 is 1.93 bits per heavy atom. The Balaban J connectivity index is 2.37. The molecule has 1 heterocycles. The zero-order chi connectivity index (χ0) is 10.7. The third kappa shape index (κ3) is 1.79. The molecule has 0 bridgehead atoms. The third-order valence-corrected chi connectivity index (χ3v) is 2.22. The lowest BCUT2D eigenvalue weighted by molar-refractivity contribution is 0.414. The molecule has 15 heavy (non-hydrogen) atoms. The average Bonchev–Trinajstić information content (AvgIpc) is 2.77. The molecule has 1 aromatic carbocycles. The van der Waals surface area contributed by atoms with Crippen molar-refractivity contribution in [3.63, 3.8) is 0 Å². The van der Waals surface area contributed by atoms with Crippen LogP contribution in [-0.2, 0) is 0 Å². The number of anilines is 1.